The zero-order chi connectivity index (χ0) is 11.3. The maximum absolute atomic E-state index is 3.36. The minimum Gasteiger partial charge on any atom is -0.316 e. The van der Waals surface area contributed by atoms with E-state index in [2.05, 4.69) is 50.4 Å². The Hall–Kier alpha value is -0.470. The highest BCUT2D eigenvalue weighted by Crippen LogP contribution is 2.26. The molecule has 0 heterocycles. The van der Waals surface area contributed by atoms with E-state index in [0.29, 0.717) is 11.3 Å². The van der Waals surface area contributed by atoms with Crippen LogP contribution in [0.2, 0.25) is 0 Å². The summed E-state index contributed by atoms with van der Waals surface area (Å²) in [5.74, 6) is 0. The topological polar surface area (TPSA) is 12.0 Å². The van der Waals surface area contributed by atoms with Gasteiger partial charge in [0.15, 0.2) is 0 Å². The van der Waals surface area contributed by atoms with Crippen LogP contribution in [0, 0.1) is 6.92 Å². The van der Waals surface area contributed by atoms with Crippen LogP contribution >= 0.6 is 11.8 Å². The second-order valence-electron chi connectivity index (χ2n) is 3.94. The van der Waals surface area contributed by atoms with Gasteiger partial charge >= 0.3 is 0 Å². The molecular weight excluding hydrogens is 202 g/mol. The zero-order valence-corrected chi connectivity index (χ0v) is 10.9. The highest BCUT2D eigenvalue weighted by atomic mass is 32.2. The number of benzene rings is 1. The van der Waals surface area contributed by atoms with Crippen molar-refractivity contribution >= 4 is 11.8 Å². The average Bonchev–Trinajstić information content (AvgIpc) is 2.23. The number of rotatable bonds is 5. The predicted molar refractivity (Wildman–Crippen MR) is 69.6 cm³/mol. The molecule has 0 fully saturated rings. The molecule has 1 aromatic rings. The van der Waals surface area contributed by atoms with Crippen molar-refractivity contribution in [2.24, 2.45) is 0 Å². The summed E-state index contributed by atoms with van der Waals surface area (Å²) in [6.07, 6.45) is 1.18. The maximum Gasteiger partial charge on any atom is 0.0219 e. The molecule has 2 heteroatoms. The first-order chi connectivity index (χ1) is 7.17. The molecule has 1 aromatic carbocycles. The molecule has 1 nitrogen and oxygen atoms in total. The van der Waals surface area contributed by atoms with E-state index in [0.717, 1.165) is 0 Å². The summed E-state index contributed by atoms with van der Waals surface area (Å²) in [7, 11) is 2.04. The van der Waals surface area contributed by atoms with Crippen LogP contribution in [0.4, 0.5) is 0 Å². The Balaban J connectivity index is 2.57. The van der Waals surface area contributed by atoms with E-state index in [4.69, 9.17) is 0 Å². The van der Waals surface area contributed by atoms with E-state index in [1.807, 2.05) is 18.8 Å². The highest BCUT2D eigenvalue weighted by Gasteiger charge is 2.13. The molecule has 0 aliphatic rings. The second-order valence-corrected chi connectivity index (χ2v) is 5.39. The van der Waals surface area contributed by atoms with Gasteiger partial charge in [-0.05, 0) is 32.5 Å². The van der Waals surface area contributed by atoms with Gasteiger partial charge in [0.05, 0.1) is 0 Å². The van der Waals surface area contributed by atoms with Crippen molar-refractivity contribution in [3.8, 4) is 0 Å². The summed E-state index contributed by atoms with van der Waals surface area (Å²) in [6, 6.07) is 9.36. The van der Waals surface area contributed by atoms with Crippen LogP contribution in [0.15, 0.2) is 29.2 Å². The standard InChI is InChI=1S/C13H21NS/c1-5-13(14-4)11(3)15-12-8-6-10(2)7-9-12/h6-9,11,13-14H,5H2,1-4H3. The molecule has 1 rings (SSSR count). The van der Waals surface area contributed by atoms with E-state index in [1.54, 1.807) is 0 Å². The molecule has 2 unspecified atom stereocenters. The van der Waals surface area contributed by atoms with Crippen molar-refractivity contribution in [1.82, 2.24) is 5.32 Å². The summed E-state index contributed by atoms with van der Waals surface area (Å²) in [6.45, 7) is 6.64. The van der Waals surface area contributed by atoms with Gasteiger partial charge in [0.25, 0.3) is 0 Å². The molecule has 0 saturated carbocycles. The van der Waals surface area contributed by atoms with E-state index in [-0.39, 0.29) is 0 Å². The van der Waals surface area contributed by atoms with Gasteiger partial charge in [-0.15, -0.1) is 11.8 Å². The lowest BCUT2D eigenvalue weighted by Crippen LogP contribution is -2.33. The third-order valence-electron chi connectivity index (χ3n) is 2.72. The SMILES string of the molecule is CCC(NC)C(C)Sc1ccc(C)cc1. The van der Waals surface area contributed by atoms with Gasteiger partial charge in [0.2, 0.25) is 0 Å². The van der Waals surface area contributed by atoms with Gasteiger partial charge in [-0.1, -0.05) is 31.5 Å². The van der Waals surface area contributed by atoms with Crippen molar-refractivity contribution in [1.29, 1.82) is 0 Å². The normalized spacial score (nSPS) is 14.9. The first kappa shape index (κ1) is 12.6. The van der Waals surface area contributed by atoms with E-state index in [9.17, 15) is 0 Å². The lowest BCUT2D eigenvalue weighted by molar-refractivity contribution is 0.541. The first-order valence-corrected chi connectivity index (χ1v) is 6.46. The van der Waals surface area contributed by atoms with Crippen LogP contribution in [0.1, 0.15) is 25.8 Å². The van der Waals surface area contributed by atoms with Crippen molar-refractivity contribution in [2.75, 3.05) is 7.05 Å². The minimum atomic E-state index is 0.594. The van der Waals surface area contributed by atoms with Gasteiger partial charge < -0.3 is 5.32 Å². The molecular formula is C13H21NS. The van der Waals surface area contributed by atoms with Crippen molar-refractivity contribution < 1.29 is 0 Å². The molecule has 0 aliphatic carbocycles. The third kappa shape index (κ3) is 3.88. The molecule has 0 amide bonds. The fourth-order valence-corrected chi connectivity index (χ4v) is 2.90. The van der Waals surface area contributed by atoms with Crippen LogP contribution in [-0.2, 0) is 0 Å². The maximum atomic E-state index is 3.36. The molecule has 84 valence electrons. The van der Waals surface area contributed by atoms with E-state index >= 15 is 0 Å². The fourth-order valence-electron chi connectivity index (χ4n) is 1.68. The molecule has 0 spiro atoms. The Kier molecular flexibility index (Phi) is 5.20. The van der Waals surface area contributed by atoms with Gasteiger partial charge in [-0.3, -0.25) is 0 Å². The second kappa shape index (κ2) is 6.19. The fraction of sp³-hybridized carbons (Fsp3) is 0.538. The monoisotopic (exact) mass is 223 g/mol. The predicted octanol–water partition coefficient (Wildman–Crippen LogP) is 3.47. The van der Waals surface area contributed by atoms with Crippen LogP contribution in [0.5, 0.6) is 0 Å². The first-order valence-electron chi connectivity index (χ1n) is 5.58. The Morgan fingerprint density at radius 3 is 2.33 bits per heavy atom. The van der Waals surface area contributed by atoms with Crippen molar-refractivity contribution in [2.45, 2.75) is 43.4 Å². The summed E-state index contributed by atoms with van der Waals surface area (Å²) in [4.78, 5) is 1.36. The van der Waals surface area contributed by atoms with Crippen LogP contribution in [-0.4, -0.2) is 18.3 Å². The van der Waals surface area contributed by atoms with Gasteiger partial charge in [0.1, 0.15) is 0 Å². The lowest BCUT2D eigenvalue weighted by Gasteiger charge is -2.21. The van der Waals surface area contributed by atoms with Crippen LogP contribution in [0.3, 0.4) is 0 Å². The molecule has 0 aromatic heterocycles. The molecule has 0 aliphatic heterocycles. The van der Waals surface area contributed by atoms with Crippen LogP contribution < -0.4 is 5.32 Å². The summed E-state index contributed by atoms with van der Waals surface area (Å²) in [5.41, 5.74) is 1.33. The number of nitrogens with one attached hydrogen (secondary N) is 1. The van der Waals surface area contributed by atoms with E-state index in [1.165, 1.54) is 16.9 Å². The van der Waals surface area contributed by atoms with Gasteiger partial charge in [0, 0.05) is 16.2 Å². The van der Waals surface area contributed by atoms with Crippen molar-refractivity contribution in [3.63, 3.8) is 0 Å². The number of thioether (sulfide) groups is 1. The average molecular weight is 223 g/mol. The minimum absolute atomic E-state index is 0.594. The third-order valence-corrected chi connectivity index (χ3v) is 3.96. The molecule has 0 saturated heterocycles. The van der Waals surface area contributed by atoms with Crippen molar-refractivity contribution in [3.05, 3.63) is 29.8 Å². The number of hydrogen-bond acceptors (Lipinski definition) is 2. The van der Waals surface area contributed by atoms with E-state index < -0.39 is 0 Å². The number of hydrogen-bond donors (Lipinski definition) is 1. The molecule has 2 atom stereocenters. The lowest BCUT2D eigenvalue weighted by atomic mass is 10.2. The highest BCUT2D eigenvalue weighted by molar-refractivity contribution is 8.00. The molecule has 0 bridgehead atoms. The van der Waals surface area contributed by atoms with Crippen LogP contribution in [0.25, 0.3) is 0 Å². The van der Waals surface area contributed by atoms with Gasteiger partial charge in [-0.25, -0.2) is 0 Å². The summed E-state index contributed by atoms with van der Waals surface area (Å²) < 4.78 is 0. The Morgan fingerprint density at radius 2 is 1.87 bits per heavy atom. The summed E-state index contributed by atoms with van der Waals surface area (Å²) in [5, 5.41) is 3.98. The Labute approximate surface area is 97.7 Å². The molecule has 1 N–H and O–H groups in total. The Bertz CT molecular complexity index is 277. The quantitative estimate of drug-likeness (QED) is 0.767. The smallest absolute Gasteiger partial charge is 0.0219 e. The largest absolute Gasteiger partial charge is 0.316 e. The van der Waals surface area contributed by atoms with Gasteiger partial charge in [-0.2, -0.15) is 0 Å². The Morgan fingerprint density at radius 1 is 1.27 bits per heavy atom. The zero-order valence-electron chi connectivity index (χ0n) is 10.1. The number of aryl methyl sites for hydroxylation is 1. The molecule has 0 radical (unpaired) electrons. The molecule has 15 heavy (non-hydrogen) atoms. The summed E-state index contributed by atoms with van der Waals surface area (Å²) >= 11 is 1.95.